The molecule has 2 N–H and O–H groups in total. The highest BCUT2D eigenvalue weighted by atomic mass is 15.1. The lowest BCUT2D eigenvalue weighted by atomic mass is 10.3. The van der Waals surface area contributed by atoms with E-state index in [-0.39, 0.29) is 0 Å². The zero-order chi connectivity index (χ0) is 8.43. The molecule has 0 unspecified atom stereocenters. The van der Waals surface area contributed by atoms with Crippen LogP contribution in [-0.4, -0.2) is 10.8 Å². The van der Waals surface area contributed by atoms with Gasteiger partial charge in [0.1, 0.15) is 0 Å². The largest absolute Gasteiger partial charge is 0.352 e. The topological polar surface area (TPSA) is 43.3 Å². The molecule has 3 heteroatoms. The van der Waals surface area contributed by atoms with Crippen molar-refractivity contribution in [2.45, 2.75) is 13.8 Å². The minimum Gasteiger partial charge on any atom is -0.352 e. The second-order valence-corrected chi connectivity index (χ2v) is 2.66. The zero-order valence-electron chi connectivity index (χ0n) is 7.13. The first kappa shape index (κ1) is 7.85. The Morgan fingerprint density at radius 3 is 2.55 bits per heavy atom. The highest BCUT2D eigenvalue weighted by Crippen LogP contribution is 2.10. The summed E-state index contributed by atoms with van der Waals surface area (Å²) in [7, 11) is 2.03. The molecule has 0 saturated carbocycles. The van der Waals surface area contributed by atoms with Crippen molar-refractivity contribution < 1.29 is 0 Å². The molecule has 11 heavy (non-hydrogen) atoms. The summed E-state index contributed by atoms with van der Waals surface area (Å²) in [4.78, 5) is 0. The molecule has 60 valence electrons. The summed E-state index contributed by atoms with van der Waals surface area (Å²) in [6, 6.07) is 2.06. The van der Waals surface area contributed by atoms with Crippen molar-refractivity contribution in [3.63, 3.8) is 0 Å². The summed E-state index contributed by atoms with van der Waals surface area (Å²) in [5.41, 5.74) is 3.50. The van der Waals surface area contributed by atoms with Gasteiger partial charge in [-0.15, -0.1) is 0 Å². The van der Waals surface area contributed by atoms with Gasteiger partial charge in [0.05, 0.1) is 6.21 Å². The van der Waals surface area contributed by atoms with E-state index in [0.29, 0.717) is 0 Å². The second kappa shape index (κ2) is 2.78. The van der Waals surface area contributed by atoms with Gasteiger partial charge in [0.15, 0.2) is 0 Å². The van der Waals surface area contributed by atoms with Crippen molar-refractivity contribution in [1.82, 2.24) is 4.57 Å². The van der Waals surface area contributed by atoms with Crippen LogP contribution in [0.2, 0.25) is 0 Å². The van der Waals surface area contributed by atoms with Gasteiger partial charge in [0, 0.05) is 24.0 Å². The average Bonchev–Trinajstić information content (AvgIpc) is 2.19. The smallest absolute Gasteiger partial charge is 0.0556 e. The van der Waals surface area contributed by atoms with Crippen molar-refractivity contribution in [1.29, 1.82) is 0 Å². The van der Waals surface area contributed by atoms with E-state index < -0.39 is 0 Å². The Kier molecular flexibility index (Phi) is 1.98. The second-order valence-electron chi connectivity index (χ2n) is 2.66. The number of aromatic nitrogens is 1. The molecule has 0 aliphatic heterocycles. The molecule has 0 spiro atoms. The van der Waals surface area contributed by atoms with Gasteiger partial charge in [-0.25, -0.2) is 0 Å². The molecule has 0 atom stereocenters. The van der Waals surface area contributed by atoms with Crippen LogP contribution >= 0.6 is 0 Å². The van der Waals surface area contributed by atoms with Crippen LogP contribution in [0.4, 0.5) is 0 Å². The van der Waals surface area contributed by atoms with E-state index in [9.17, 15) is 0 Å². The third-order valence-corrected chi connectivity index (χ3v) is 2.03. The molecule has 1 aromatic rings. The lowest BCUT2D eigenvalue weighted by molar-refractivity contribution is 0.843. The molecule has 0 aliphatic carbocycles. The average molecular weight is 151 g/mol. The van der Waals surface area contributed by atoms with Gasteiger partial charge in [-0.2, -0.15) is 5.10 Å². The van der Waals surface area contributed by atoms with Gasteiger partial charge in [-0.3, -0.25) is 0 Å². The molecule has 0 fully saturated rings. The molecule has 3 nitrogen and oxygen atoms in total. The molecular weight excluding hydrogens is 138 g/mol. The van der Waals surface area contributed by atoms with Crippen LogP contribution in [-0.2, 0) is 7.05 Å². The van der Waals surface area contributed by atoms with Crippen LogP contribution in [0.15, 0.2) is 11.2 Å². The maximum absolute atomic E-state index is 5.05. The third kappa shape index (κ3) is 1.27. The Bertz CT molecular complexity index is 284. The molecule has 0 saturated heterocycles. The number of aryl methyl sites for hydroxylation is 1. The summed E-state index contributed by atoms with van der Waals surface area (Å²) in [6.45, 7) is 4.10. The van der Waals surface area contributed by atoms with Crippen molar-refractivity contribution in [3.05, 3.63) is 23.0 Å². The minimum atomic E-state index is 1.09. The van der Waals surface area contributed by atoms with Crippen LogP contribution in [0.25, 0.3) is 0 Å². The van der Waals surface area contributed by atoms with Gasteiger partial charge < -0.3 is 10.4 Å². The molecular formula is C8H13N3. The quantitative estimate of drug-likeness (QED) is 0.362. The van der Waals surface area contributed by atoms with E-state index in [2.05, 4.69) is 22.7 Å². The van der Waals surface area contributed by atoms with Crippen molar-refractivity contribution in [3.8, 4) is 0 Å². The Morgan fingerprint density at radius 2 is 2.18 bits per heavy atom. The number of nitrogens with zero attached hydrogens (tertiary/aromatic N) is 2. The summed E-state index contributed by atoms with van der Waals surface area (Å²) in [6.07, 6.45) is 1.67. The van der Waals surface area contributed by atoms with Crippen LogP contribution in [0.3, 0.4) is 0 Å². The van der Waals surface area contributed by atoms with Crippen LogP contribution in [0.5, 0.6) is 0 Å². The van der Waals surface area contributed by atoms with E-state index in [1.165, 1.54) is 11.4 Å². The van der Waals surface area contributed by atoms with Crippen molar-refractivity contribution in [2.75, 3.05) is 0 Å². The fourth-order valence-corrected chi connectivity index (χ4v) is 1.10. The first-order chi connectivity index (χ1) is 5.16. The summed E-state index contributed by atoms with van der Waals surface area (Å²) in [5, 5.41) is 3.48. The molecule has 0 radical (unpaired) electrons. The highest BCUT2D eigenvalue weighted by molar-refractivity contribution is 5.81. The van der Waals surface area contributed by atoms with E-state index in [4.69, 9.17) is 5.84 Å². The normalized spacial score (nSPS) is 11.2. The predicted molar refractivity (Wildman–Crippen MR) is 46.7 cm³/mol. The predicted octanol–water partition coefficient (Wildman–Crippen LogP) is 0.935. The maximum atomic E-state index is 5.05. The molecule has 0 bridgehead atoms. The molecule has 1 rings (SSSR count). The highest BCUT2D eigenvalue weighted by Gasteiger charge is 2.02. The summed E-state index contributed by atoms with van der Waals surface area (Å²) < 4.78 is 2.11. The van der Waals surface area contributed by atoms with Gasteiger partial charge >= 0.3 is 0 Å². The lowest BCUT2D eigenvalue weighted by Gasteiger charge is -1.97. The van der Waals surface area contributed by atoms with E-state index in [0.717, 1.165) is 5.56 Å². The number of rotatable bonds is 1. The Morgan fingerprint density at radius 1 is 1.55 bits per heavy atom. The zero-order valence-corrected chi connectivity index (χ0v) is 7.13. The van der Waals surface area contributed by atoms with Crippen LogP contribution in [0.1, 0.15) is 17.0 Å². The Balaban J connectivity index is 3.18. The van der Waals surface area contributed by atoms with E-state index >= 15 is 0 Å². The van der Waals surface area contributed by atoms with Crippen LogP contribution in [0, 0.1) is 13.8 Å². The van der Waals surface area contributed by atoms with Gasteiger partial charge in [-0.05, 0) is 19.9 Å². The Labute approximate surface area is 66.5 Å². The van der Waals surface area contributed by atoms with E-state index in [1.54, 1.807) is 6.21 Å². The maximum Gasteiger partial charge on any atom is 0.0556 e. The molecule has 0 aliphatic rings. The summed E-state index contributed by atoms with van der Waals surface area (Å²) in [5.74, 6) is 5.05. The molecule has 0 amide bonds. The number of nitrogens with two attached hydrogens (primary N) is 1. The van der Waals surface area contributed by atoms with Gasteiger partial charge in [0.25, 0.3) is 0 Å². The van der Waals surface area contributed by atoms with Gasteiger partial charge in [-0.1, -0.05) is 0 Å². The standard InChI is InChI=1S/C8H13N3/c1-6-4-8(5-10-9)7(2)11(6)3/h4-5H,9H2,1-3H3/b10-5+. The molecule has 0 aromatic carbocycles. The molecule has 1 heterocycles. The third-order valence-electron chi connectivity index (χ3n) is 2.03. The number of hydrogen-bond donors (Lipinski definition) is 1. The summed E-state index contributed by atoms with van der Waals surface area (Å²) >= 11 is 0. The van der Waals surface area contributed by atoms with Crippen molar-refractivity contribution in [2.24, 2.45) is 18.0 Å². The first-order valence-electron chi connectivity index (χ1n) is 3.53. The van der Waals surface area contributed by atoms with Gasteiger partial charge in [0.2, 0.25) is 0 Å². The Hall–Kier alpha value is -1.25. The fourth-order valence-electron chi connectivity index (χ4n) is 1.10. The lowest BCUT2D eigenvalue weighted by Crippen LogP contribution is -1.94. The van der Waals surface area contributed by atoms with E-state index in [1.807, 2.05) is 14.0 Å². The fraction of sp³-hybridized carbons (Fsp3) is 0.375. The van der Waals surface area contributed by atoms with Crippen molar-refractivity contribution >= 4 is 6.21 Å². The van der Waals surface area contributed by atoms with Crippen LogP contribution < -0.4 is 5.84 Å². The monoisotopic (exact) mass is 151 g/mol. The molecule has 1 aromatic heterocycles. The number of hydrazone groups is 1. The SMILES string of the molecule is Cc1cc(/C=N/N)c(C)n1C. The number of hydrogen-bond acceptors (Lipinski definition) is 2. The first-order valence-corrected chi connectivity index (χ1v) is 3.53. The minimum absolute atomic E-state index is 1.09.